The van der Waals surface area contributed by atoms with E-state index in [0.717, 1.165) is 14.0 Å². The summed E-state index contributed by atoms with van der Waals surface area (Å²) in [5, 5.41) is 0. The van der Waals surface area contributed by atoms with Gasteiger partial charge in [0, 0.05) is 14.1 Å². The predicted octanol–water partition coefficient (Wildman–Crippen LogP) is 1.05. The zero-order chi connectivity index (χ0) is 19.9. The average Bonchev–Trinajstić information content (AvgIpc) is 2.95. The average molecular weight is 376 g/mol. The van der Waals surface area contributed by atoms with Crippen LogP contribution >= 0.6 is 0 Å². The van der Waals surface area contributed by atoms with Crippen LogP contribution in [0.25, 0.3) is 0 Å². The number of nitrogen functional groups attached to an aromatic ring is 1. The van der Waals surface area contributed by atoms with E-state index in [-0.39, 0.29) is 25.2 Å². The maximum absolute atomic E-state index is 13.8. The summed E-state index contributed by atoms with van der Waals surface area (Å²) in [6.45, 7) is 1.20. The minimum absolute atomic E-state index is 0.0849. The number of aromatic nitrogens is 2. The molecule has 2 heterocycles. The first-order valence-electron chi connectivity index (χ1n) is 8.38. The van der Waals surface area contributed by atoms with Gasteiger partial charge in [0.15, 0.2) is 5.78 Å². The minimum atomic E-state index is -4.49. The standard InChI is InChI=1S/C16H23F3N4O3/c1-4-6-15(16(17,18)19)7-5-8-23(15)9-10(24)11-12(20)21(2)14(26)22(3)13(11)25/h4-9,20H2,1-3H3/t15-/m1/s1. The van der Waals surface area contributed by atoms with E-state index in [0.29, 0.717) is 12.8 Å². The van der Waals surface area contributed by atoms with Gasteiger partial charge in [0.05, 0.1) is 6.54 Å². The van der Waals surface area contributed by atoms with Gasteiger partial charge in [-0.2, -0.15) is 13.2 Å². The number of nitrogens with two attached hydrogens (primary N) is 1. The van der Waals surface area contributed by atoms with Crippen molar-refractivity contribution in [3.05, 3.63) is 26.4 Å². The number of likely N-dealkylation sites (tertiary alicyclic amines) is 1. The molecule has 146 valence electrons. The van der Waals surface area contributed by atoms with Gasteiger partial charge in [0.25, 0.3) is 5.56 Å². The molecule has 7 nitrogen and oxygen atoms in total. The summed E-state index contributed by atoms with van der Waals surface area (Å²) in [7, 11) is 2.48. The molecule has 0 aliphatic carbocycles. The van der Waals surface area contributed by atoms with Crippen LogP contribution in [-0.4, -0.2) is 44.6 Å². The second kappa shape index (κ2) is 6.90. The molecule has 1 atom stereocenters. The maximum atomic E-state index is 13.8. The SMILES string of the molecule is CCC[C@]1(C(F)(F)F)CCCN1CC(=O)c1c(N)n(C)c(=O)n(C)c1=O. The Hall–Kier alpha value is -2.10. The number of hydrogen-bond acceptors (Lipinski definition) is 5. The predicted molar refractivity (Wildman–Crippen MR) is 90.2 cm³/mol. The summed E-state index contributed by atoms with van der Waals surface area (Å²) in [6.07, 6.45) is -4.07. The van der Waals surface area contributed by atoms with Crippen LogP contribution in [0.3, 0.4) is 0 Å². The van der Waals surface area contributed by atoms with E-state index >= 15 is 0 Å². The van der Waals surface area contributed by atoms with Gasteiger partial charge in [0.2, 0.25) is 0 Å². The lowest BCUT2D eigenvalue weighted by Gasteiger charge is -2.39. The summed E-state index contributed by atoms with van der Waals surface area (Å²) < 4.78 is 42.9. The van der Waals surface area contributed by atoms with Crippen molar-refractivity contribution >= 4 is 11.6 Å². The Morgan fingerprint density at radius 3 is 2.38 bits per heavy atom. The molecule has 1 aliphatic rings. The number of carbonyl (C=O) groups excluding carboxylic acids is 1. The largest absolute Gasteiger partial charge is 0.406 e. The van der Waals surface area contributed by atoms with E-state index in [4.69, 9.17) is 5.73 Å². The molecule has 0 spiro atoms. The Kier molecular flexibility index (Phi) is 5.36. The zero-order valence-corrected chi connectivity index (χ0v) is 15.0. The number of anilines is 1. The Balaban J connectivity index is 2.45. The summed E-state index contributed by atoms with van der Waals surface area (Å²) in [4.78, 5) is 37.9. The van der Waals surface area contributed by atoms with Crippen molar-refractivity contribution in [1.29, 1.82) is 0 Å². The van der Waals surface area contributed by atoms with Gasteiger partial charge in [-0.25, -0.2) is 4.79 Å². The highest BCUT2D eigenvalue weighted by atomic mass is 19.4. The number of rotatable bonds is 5. The normalized spacial score (nSPS) is 21.3. The third-order valence-electron chi connectivity index (χ3n) is 5.14. The molecule has 0 aromatic carbocycles. The number of ketones is 1. The second-order valence-electron chi connectivity index (χ2n) is 6.69. The monoisotopic (exact) mass is 376 g/mol. The Labute approximate surface area is 148 Å². The van der Waals surface area contributed by atoms with E-state index in [9.17, 15) is 27.6 Å². The molecule has 0 saturated carbocycles. The fraction of sp³-hybridized carbons (Fsp3) is 0.688. The lowest BCUT2D eigenvalue weighted by molar-refractivity contribution is -0.224. The van der Waals surface area contributed by atoms with Crippen molar-refractivity contribution in [3.63, 3.8) is 0 Å². The molecule has 1 saturated heterocycles. The highest BCUT2D eigenvalue weighted by Crippen LogP contribution is 2.46. The van der Waals surface area contributed by atoms with Crippen molar-refractivity contribution in [2.24, 2.45) is 14.1 Å². The summed E-state index contributed by atoms with van der Waals surface area (Å²) in [6, 6.07) is 0. The van der Waals surface area contributed by atoms with Crippen LogP contribution in [0.1, 0.15) is 43.0 Å². The fourth-order valence-electron chi connectivity index (χ4n) is 3.70. The summed E-state index contributed by atoms with van der Waals surface area (Å²) >= 11 is 0. The molecule has 2 rings (SSSR count). The molecule has 1 aliphatic heterocycles. The number of nitrogens with zero attached hydrogens (tertiary/aromatic N) is 3. The van der Waals surface area contributed by atoms with Crippen molar-refractivity contribution in [2.45, 2.75) is 44.3 Å². The maximum Gasteiger partial charge on any atom is 0.406 e. The lowest BCUT2D eigenvalue weighted by atomic mass is 9.89. The van der Waals surface area contributed by atoms with E-state index in [1.807, 2.05) is 0 Å². The molecular weight excluding hydrogens is 353 g/mol. The zero-order valence-electron chi connectivity index (χ0n) is 15.0. The molecule has 0 amide bonds. The summed E-state index contributed by atoms with van der Waals surface area (Å²) in [5.74, 6) is -1.15. The molecular formula is C16H23F3N4O3. The van der Waals surface area contributed by atoms with Crippen molar-refractivity contribution < 1.29 is 18.0 Å². The topological polar surface area (TPSA) is 90.3 Å². The highest BCUT2D eigenvalue weighted by Gasteiger charge is 2.59. The number of hydrogen-bond donors (Lipinski definition) is 1. The van der Waals surface area contributed by atoms with Crippen LogP contribution in [0, 0.1) is 0 Å². The molecule has 0 unspecified atom stereocenters. The number of Topliss-reactive ketones (excluding diaryl/α,β-unsaturated/α-hetero) is 1. The van der Waals surface area contributed by atoms with E-state index in [1.54, 1.807) is 6.92 Å². The Morgan fingerprint density at radius 2 is 1.85 bits per heavy atom. The molecule has 0 bridgehead atoms. The first-order chi connectivity index (χ1) is 12.0. The van der Waals surface area contributed by atoms with E-state index in [1.165, 1.54) is 14.1 Å². The van der Waals surface area contributed by atoms with E-state index in [2.05, 4.69) is 0 Å². The fourth-order valence-corrected chi connectivity index (χ4v) is 3.70. The van der Waals surface area contributed by atoms with Crippen LogP contribution in [0.15, 0.2) is 9.59 Å². The van der Waals surface area contributed by atoms with Gasteiger partial charge in [0.1, 0.15) is 16.9 Å². The first kappa shape index (κ1) is 20.2. The van der Waals surface area contributed by atoms with Gasteiger partial charge in [-0.1, -0.05) is 13.3 Å². The third-order valence-corrected chi connectivity index (χ3v) is 5.14. The van der Waals surface area contributed by atoms with Crippen LogP contribution in [0.4, 0.5) is 19.0 Å². The molecule has 26 heavy (non-hydrogen) atoms. The molecule has 0 radical (unpaired) electrons. The first-order valence-corrected chi connectivity index (χ1v) is 8.38. The van der Waals surface area contributed by atoms with Gasteiger partial charge < -0.3 is 5.73 Å². The lowest BCUT2D eigenvalue weighted by Crippen LogP contribution is -2.56. The summed E-state index contributed by atoms with van der Waals surface area (Å²) in [5.41, 5.74) is 1.60. The number of carbonyl (C=O) groups is 1. The van der Waals surface area contributed by atoms with Crippen LogP contribution in [-0.2, 0) is 14.1 Å². The third kappa shape index (κ3) is 3.06. The molecule has 1 aromatic rings. The van der Waals surface area contributed by atoms with Crippen LogP contribution in [0.2, 0.25) is 0 Å². The molecule has 2 N–H and O–H groups in total. The van der Waals surface area contributed by atoms with Crippen LogP contribution in [0.5, 0.6) is 0 Å². The van der Waals surface area contributed by atoms with E-state index < -0.39 is 40.9 Å². The minimum Gasteiger partial charge on any atom is -0.384 e. The van der Waals surface area contributed by atoms with Crippen molar-refractivity contribution in [2.75, 3.05) is 18.8 Å². The quantitative estimate of drug-likeness (QED) is 0.776. The van der Waals surface area contributed by atoms with Crippen LogP contribution < -0.4 is 17.0 Å². The Morgan fingerprint density at radius 1 is 1.23 bits per heavy atom. The van der Waals surface area contributed by atoms with Crippen molar-refractivity contribution in [1.82, 2.24) is 14.0 Å². The number of alkyl halides is 3. The van der Waals surface area contributed by atoms with Gasteiger partial charge in [-0.15, -0.1) is 0 Å². The molecule has 10 heteroatoms. The second-order valence-corrected chi connectivity index (χ2v) is 6.69. The smallest absolute Gasteiger partial charge is 0.384 e. The van der Waals surface area contributed by atoms with Crippen molar-refractivity contribution in [3.8, 4) is 0 Å². The highest BCUT2D eigenvalue weighted by molar-refractivity contribution is 6.01. The van der Waals surface area contributed by atoms with Gasteiger partial charge >= 0.3 is 11.9 Å². The Bertz CT molecular complexity index is 828. The van der Waals surface area contributed by atoms with Gasteiger partial charge in [-0.3, -0.25) is 23.6 Å². The van der Waals surface area contributed by atoms with Gasteiger partial charge in [-0.05, 0) is 25.8 Å². The molecule has 1 fully saturated rings. The molecule has 1 aromatic heterocycles. The number of halogens is 3.